The monoisotopic (exact) mass is 391 g/mol. The van der Waals surface area contributed by atoms with E-state index < -0.39 is 0 Å². The summed E-state index contributed by atoms with van der Waals surface area (Å²) >= 11 is 0. The summed E-state index contributed by atoms with van der Waals surface area (Å²) < 4.78 is 11.1. The minimum atomic E-state index is 0. The lowest BCUT2D eigenvalue weighted by atomic mass is 10.0. The Kier molecular flexibility index (Phi) is 9.53. The molecule has 1 atom stereocenters. The molecule has 2 heterocycles. The number of methoxy groups -OCH3 is 1. The lowest BCUT2D eigenvalue weighted by Gasteiger charge is -2.37. The zero-order valence-electron chi connectivity index (χ0n) is 14.4. The van der Waals surface area contributed by atoms with Crippen molar-refractivity contribution in [2.45, 2.75) is 18.6 Å². The lowest BCUT2D eigenvalue weighted by molar-refractivity contribution is -0.136. The fourth-order valence-electron chi connectivity index (χ4n) is 3.06. The van der Waals surface area contributed by atoms with Crippen molar-refractivity contribution in [3.8, 4) is 5.75 Å². The summed E-state index contributed by atoms with van der Waals surface area (Å²) in [5.74, 6) is 0.977. The number of nitrogens with zero attached hydrogens (tertiary/aromatic N) is 1. The Labute approximate surface area is 161 Å². The molecular weight excluding hydrogens is 365 g/mol. The normalized spacial score (nSPS) is 20.0. The molecule has 25 heavy (non-hydrogen) atoms. The van der Waals surface area contributed by atoms with Gasteiger partial charge in [-0.25, -0.2) is 0 Å². The van der Waals surface area contributed by atoms with Gasteiger partial charge in [0.2, 0.25) is 5.91 Å². The van der Waals surface area contributed by atoms with Gasteiger partial charge in [0.05, 0.1) is 32.3 Å². The first-order valence-corrected chi connectivity index (χ1v) is 8.25. The van der Waals surface area contributed by atoms with Crippen LogP contribution in [0.4, 0.5) is 0 Å². The molecule has 1 amide bonds. The maximum absolute atomic E-state index is 12.6. The van der Waals surface area contributed by atoms with Crippen molar-refractivity contribution in [3.05, 3.63) is 29.8 Å². The standard InChI is InChI=1S/C17H25N3O3.2ClH/c1-22-16-5-3-2-4-14(16)15-12-18-7-8-20(15)17(21)6-9-23-13-10-19-11-13;;/h2-5,13,15,18-19H,6-12H2,1H3;2*1H. The summed E-state index contributed by atoms with van der Waals surface area (Å²) in [6.07, 6.45) is 0.707. The summed E-state index contributed by atoms with van der Waals surface area (Å²) in [5.41, 5.74) is 1.06. The minimum absolute atomic E-state index is 0. The fourth-order valence-corrected chi connectivity index (χ4v) is 3.06. The average Bonchev–Trinajstić information content (AvgIpc) is 2.57. The number of ether oxygens (including phenoxy) is 2. The molecule has 0 aromatic heterocycles. The zero-order valence-corrected chi connectivity index (χ0v) is 16.0. The molecule has 2 N–H and O–H groups in total. The molecule has 0 radical (unpaired) electrons. The quantitative estimate of drug-likeness (QED) is 0.766. The maximum Gasteiger partial charge on any atom is 0.225 e. The Morgan fingerprint density at radius 2 is 1.96 bits per heavy atom. The van der Waals surface area contributed by atoms with Crippen LogP contribution in [-0.4, -0.2) is 63.4 Å². The van der Waals surface area contributed by atoms with Crippen molar-refractivity contribution in [2.24, 2.45) is 0 Å². The van der Waals surface area contributed by atoms with Gasteiger partial charge in [0.25, 0.3) is 0 Å². The SMILES string of the molecule is COc1ccccc1C1CNCCN1C(=O)CCOC1CNC1.Cl.Cl. The molecule has 8 heteroatoms. The number of rotatable bonds is 6. The molecule has 0 saturated carbocycles. The van der Waals surface area contributed by atoms with Crippen molar-refractivity contribution in [1.29, 1.82) is 0 Å². The molecule has 0 aliphatic carbocycles. The second kappa shape index (κ2) is 10.8. The summed E-state index contributed by atoms with van der Waals surface area (Å²) in [6, 6.07) is 7.93. The number of hydrogen-bond donors (Lipinski definition) is 2. The zero-order chi connectivity index (χ0) is 16.1. The number of carbonyl (C=O) groups excluding carboxylic acids is 1. The third-order valence-corrected chi connectivity index (χ3v) is 4.48. The van der Waals surface area contributed by atoms with Gasteiger partial charge in [-0.2, -0.15) is 0 Å². The van der Waals surface area contributed by atoms with Crippen LogP contribution in [0.15, 0.2) is 24.3 Å². The summed E-state index contributed by atoms with van der Waals surface area (Å²) in [6.45, 7) is 4.57. The van der Waals surface area contributed by atoms with Crippen molar-refractivity contribution >= 4 is 30.7 Å². The van der Waals surface area contributed by atoms with E-state index in [1.807, 2.05) is 29.2 Å². The van der Waals surface area contributed by atoms with E-state index in [0.29, 0.717) is 19.6 Å². The molecule has 2 saturated heterocycles. The van der Waals surface area contributed by atoms with E-state index in [4.69, 9.17) is 9.47 Å². The van der Waals surface area contributed by atoms with Crippen molar-refractivity contribution in [2.75, 3.05) is 46.4 Å². The van der Waals surface area contributed by atoms with Crippen LogP contribution in [0, 0.1) is 0 Å². The molecule has 1 aromatic rings. The van der Waals surface area contributed by atoms with Crippen LogP contribution in [0.3, 0.4) is 0 Å². The highest BCUT2D eigenvalue weighted by atomic mass is 35.5. The van der Waals surface area contributed by atoms with Gasteiger partial charge in [-0.05, 0) is 6.07 Å². The van der Waals surface area contributed by atoms with Crippen LogP contribution >= 0.6 is 24.8 Å². The molecule has 0 spiro atoms. The van der Waals surface area contributed by atoms with E-state index in [2.05, 4.69) is 10.6 Å². The predicted octanol–water partition coefficient (Wildman–Crippen LogP) is 1.39. The molecule has 2 aliphatic rings. The first-order valence-electron chi connectivity index (χ1n) is 8.25. The van der Waals surface area contributed by atoms with Crippen molar-refractivity contribution < 1.29 is 14.3 Å². The Balaban J connectivity index is 0.00000156. The highest BCUT2D eigenvalue weighted by molar-refractivity contribution is 5.85. The summed E-state index contributed by atoms with van der Waals surface area (Å²) in [5, 5.41) is 6.53. The van der Waals surface area contributed by atoms with Gasteiger partial charge in [-0.1, -0.05) is 18.2 Å². The van der Waals surface area contributed by atoms with Crippen LogP contribution < -0.4 is 15.4 Å². The highest BCUT2D eigenvalue weighted by Gasteiger charge is 2.29. The van der Waals surface area contributed by atoms with Crippen LogP contribution in [0.1, 0.15) is 18.0 Å². The molecular formula is C17H27Cl2N3O3. The number of benzene rings is 1. The van der Waals surface area contributed by atoms with Crippen LogP contribution in [-0.2, 0) is 9.53 Å². The average molecular weight is 392 g/mol. The van der Waals surface area contributed by atoms with Gasteiger partial charge in [0, 0.05) is 38.3 Å². The summed E-state index contributed by atoms with van der Waals surface area (Å²) in [4.78, 5) is 14.6. The molecule has 6 nitrogen and oxygen atoms in total. The smallest absolute Gasteiger partial charge is 0.225 e. The molecule has 1 unspecified atom stereocenters. The largest absolute Gasteiger partial charge is 0.496 e. The van der Waals surface area contributed by atoms with Crippen LogP contribution in [0.2, 0.25) is 0 Å². The Hall–Kier alpha value is -1.05. The number of nitrogens with one attached hydrogen (secondary N) is 2. The third-order valence-electron chi connectivity index (χ3n) is 4.48. The number of amides is 1. The first kappa shape index (κ1) is 22.0. The first-order chi connectivity index (χ1) is 11.3. The van der Waals surface area contributed by atoms with E-state index in [1.165, 1.54) is 0 Å². The molecule has 1 aromatic carbocycles. The second-order valence-electron chi connectivity index (χ2n) is 5.95. The molecule has 2 fully saturated rings. The Morgan fingerprint density at radius 3 is 2.64 bits per heavy atom. The van der Waals surface area contributed by atoms with Crippen LogP contribution in [0.5, 0.6) is 5.75 Å². The van der Waals surface area contributed by atoms with E-state index >= 15 is 0 Å². The maximum atomic E-state index is 12.6. The number of hydrogen-bond acceptors (Lipinski definition) is 5. The lowest BCUT2D eigenvalue weighted by Crippen LogP contribution is -2.50. The van der Waals surface area contributed by atoms with E-state index in [1.54, 1.807) is 7.11 Å². The number of carbonyl (C=O) groups is 1. The molecule has 3 rings (SSSR count). The van der Waals surface area contributed by atoms with Gasteiger partial charge in [-0.15, -0.1) is 24.8 Å². The van der Waals surface area contributed by atoms with Gasteiger partial charge < -0.3 is 25.0 Å². The van der Waals surface area contributed by atoms with Gasteiger partial charge in [-0.3, -0.25) is 4.79 Å². The highest BCUT2D eigenvalue weighted by Crippen LogP contribution is 2.30. The van der Waals surface area contributed by atoms with Crippen molar-refractivity contribution in [1.82, 2.24) is 15.5 Å². The van der Waals surface area contributed by atoms with Crippen molar-refractivity contribution in [3.63, 3.8) is 0 Å². The van der Waals surface area contributed by atoms with Gasteiger partial charge >= 0.3 is 0 Å². The molecule has 142 valence electrons. The molecule has 2 aliphatic heterocycles. The van der Waals surface area contributed by atoms with Gasteiger partial charge in [0.1, 0.15) is 5.75 Å². The Morgan fingerprint density at radius 1 is 1.20 bits per heavy atom. The Bertz CT molecular complexity index is 544. The summed E-state index contributed by atoms with van der Waals surface area (Å²) in [7, 11) is 1.67. The topological polar surface area (TPSA) is 62.8 Å². The van der Waals surface area contributed by atoms with Gasteiger partial charge in [0.15, 0.2) is 0 Å². The number of piperazine rings is 1. The van der Waals surface area contributed by atoms with E-state index in [0.717, 1.165) is 37.5 Å². The van der Waals surface area contributed by atoms with E-state index in [-0.39, 0.29) is 42.9 Å². The second-order valence-corrected chi connectivity index (χ2v) is 5.95. The number of halogens is 2. The minimum Gasteiger partial charge on any atom is -0.496 e. The number of para-hydroxylation sites is 1. The molecule has 0 bridgehead atoms. The fraction of sp³-hybridized carbons (Fsp3) is 0.588. The predicted molar refractivity (Wildman–Crippen MR) is 102 cm³/mol. The third kappa shape index (κ3) is 5.46. The van der Waals surface area contributed by atoms with Crippen LogP contribution in [0.25, 0.3) is 0 Å². The van der Waals surface area contributed by atoms with E-state index in [9.17, 15) is 4.79 Å².